The van der Waals surface area contributed by atoms with Gasteiger partial charge in [0, 0.05) is 18.4 Å². The first-order valence-corrected chi connectivity index (χ1v) is 3.90. The second-order valence-corrected chi connectivity index (χ2v) is 3.99. The van der Waals surface area contributed by atoms with Gasteiger partial charge in [0.15, 0.2) is 0 Å². The van der Waals surface area contributed by atoms with Gasteiger partial charge in [-0.25, -0.2) is 0 Å². The first-order valence-electron chi connectivity index (χ1n) is 3.90. The van der Waals surface area contributed by atoms with Gasteiger partial charge in [-0.15, -0.1) is 0 Å². The molecule has 1 aromatic heterocycles. The number of aromatic amines is 1. The van der Waals surface area contributed by atoms with E-state index in [9.17, 15) is 0 Å². The molecule has 0 saturated carbocycles. The lowest BCUT2D eigenvalue weighted by Crippen LogP contribution is -2.25. The molecule has 1 atom stereocenters. The zero-order valence-corrected chi connectivity index (χ0v) is 7.39. The predicted molar refractivity (Wildman–Crippen MR) is 47.2 cm³/mol. The second-order valence-electron chi connectivity index (χ2n) is 3.99. The monoisotopic (exact) mass is 152 g/mol. The van der Waals surface area contributed by atoms with Crippen LogP contribution in [0.5, 0.6) is 0 Å². The van der Waals surface area contributed by atoms with Gasteiger partial charge in [-0.05, 0) is 17.0 Å². The highest BCUT2D eigenvalue weighted by molar-refractivity contribution is 5.15. The molecule has 2 nitrogen and oxygen atoms in total. The summed E-state index contributed by atoms with van der Waals surface area (Å²) in [5, 5.41) is 0. The second kappa shape index (κ2) is 2.70. The van der Waals surface area contributed by atoms with E-state index in [2.05, 4.69) is 25.8 Å². The molecule has 0 unspecified atom stereocenters. The van der Waals surface area contributed by atoms with E-state index >= 15 is 0 Å². The third kappa shape index (κ3) is 1.84. The third-order valence-corrected chi connectivity index (χ3v) is 1.91. The zero-order chi connectivity index (χ0) is 8.48. The summed E-state index contributed by atoms with van der Waals surface area (Å²) in [6.07, 6.45) is 3.86. The highest BCUT2D eigenvalue weighted by atomic mass is 14.7. The van der Waals surface area contributed by atoms with Crippen molar-refractivity contribution in [2.24, 2.45) is 11.1 Å². The lowest BCUT2D eigenvalue weighted by atomic mass is 9.84. The molecule has 0 aliphatic carbocycles. The summed E-state index contributed by atoms with van der Waals surface area (Å²) in [4.78, 5) is 3.00. The van der Waals surface area contributed by atoms with Crippen molar-refractivity contribution in [1.29, 1.82) is 0 Å². The van der Waals surface area contributed by atoms with E-state index in [1.807, 2.05) is 18.5 Å². The molecule has 0 aromatic carbocycles. The fraction of sp³-hybridized carbons (Fsp3) is 0.556. The van der Waals surface area contributed by atoms with Crippen molar-refractivity contribution in [3.05, 3.63) is 24.0 Å². The number of hydrogen-bond acceptors (Lipinski definition) is 1. The van der Waals surface area contributed by atoms with E-state index in [0.717, 1.165) is 0 Å². The van der Waals surface area contributed by atoms with Crippen LogP contribution >= 0.6 is 0 Å². The minimum Gasteiger partial charge on any atom is -0.367 e. The first-order chi connectivity index (χ1) is 5.02. The number of rotatable bonds is 1. The molecule has 1 aromatic rings. The van der Waals surface area contributed by atoms with Crippen LogP contribution in [-0.4, -0.2) is 4.98 Å². The van der Waals surface area contributed by atoms with E-state index in [1.165, 1.54) is 5.56 Å². The average molecular weight is 152 g/mol. The number of hydrogen-bond donors (Lipinski definition) is 2. The van der Waals surface area contributed by atoms with Gasteiger partial charge in [0.1, 0.15) is 0 Å². The van der Waals surface area contributed by atoms with Crippen molar-refractivity contribution in [2.45, 2.75) is 26.8 Å². The number of aromatic nitrogens is 1. The minimum atomic E-state index is 0.119. The average Bonchev–Trinajstić information content (AvgIpc) is 2.34. The molecule has 11 heavy (non-hydrogen) atoms. The maximum absolute atomic E-state index is 6.00. The Hall–Kier alpha value is -0.760. The van der Waals surface area contributed by atoms with Crippen LogP contribution in [0.1, 0.15) is 32.4 Å². The Morgan fingerprint density at radius 1 is 1.45 bits per heavy atom. The van der Waals surface area contributed by atoms with E-state index in [-0.39, 0.29) is 11.5 Å². The van der Waals surface area contributed by atoms with Crippen LogP contribution in [0.4, 0.5) is 0 Å². The molecule has 0 radical (unpaired) electrons. The van der Waals surface area contributed by atoms with E-state index in [4.69, 9.17) is 5.73 Å². The van der Waals surface area contributed by atoms with Gasteiger partial charge in [0.05, 0.1) is 0 Å². The molecule has 0 amide bonds. The van der Waals surface area contributed by atoms with Crippen molar-refractivity contribution in [3.63, 3.8) is 0 Å². The molecule has 0 saturated heterocycles. The Morgan fingerprint density at radius 3 is 2.45 bits per heavy atom. The summed E-state index contributed by atoms with van der Waals surface area (Å²) < 4.78 is 0. The summed E-state index contributed by atoms with van der Waals surface area (Å²) >= 11 is 0. The molecule has 2 heteroatoms. The zero-order valence-electron chi connectivity index (χ0n) is 7.39. The van der Waals surface area contributed by atoms with Crippen molar-refractivity contribution in [2.75, 3.05) is 0 Å². The number of nitrogens with two attached hydrogens (primary N) is 1. The van der Waals surface area contributed by atoms with E-state index < -0.39 is 0 Å². The molecular formula is C9H16N2. The maximum Gasteiger partial charge on any atom is 0.0359 e. The molecule has 0 aliphatic heterocycles. The lowest BCUT2D eigenvalue weighted by Gasteiger charge is -2.26. The molecule has 0 fully saturated rings. The van der Waals surface area contributed by atoms with Gasteiger partial charge in [0.25, 0.3) is 0 Å². The molecule has 3 N–H and O–H groups in total. The smallest absolute Gasteiger partial charge is 0.0359 e. The first kappa shape index (κ1) is 8.34. The van der Waals surface area contributed by atoms with E-state index in [1.54, 1.807) is 0 Å². The van der Waals surface area contributed by atoms with Crippen LogP contribution in [0, 0.1) is 5.41 Å². The maximum atomic E-state index is 6.00. The predicted octanol–water partition coefficient (Wildman–Crippen LogP) is 2.06. The summed E-state index contributed by atoms with van der Waals surface area (Å²) in [6.45, 7) is 6.43. The highest BCUT2D eigenvalue weighted by Gasteiger charge is 2.21. The van der Waals surface area contributed by atoms with Crippen LogP contribution < -0.4 is 5.73 Å². The van der Waals surface area contributed by atoms with Crippen molar-refractivity contribution < 1.29 is 0 Å². The molecule has 0 bridgehead atoms. The fourth-order valence-corrected chi connectivity index (χ4v) is 1.03. The molecule has 62 valence electrons. The highest BCUT2D eigenvalue weighted by Crippen LogP contribution is 2.29. The summed E-state index contributed by atoms with van der Waals surface area (Å²) in [6, 6.07) is 2.14. The molecular weight excluding hydrogens is 136 g/mol. The molecule has 1 heterocycles. The van der Waals surface area contributed by atoms with Crippen LogP contribution in [0.15, 0.2) is 18.5 Å². The topological polar surface area (TPSA) is 41.8 Å². The molecule has 1 rings (SSSR count). The minimum absolute atomic E-state index is 0.119. The standard InChI is InChI=1S/C9H16N2/c1-9(2,3)8(10)7-4-5-11-6-7/h4-6,8,11H,10H2,1-3H3/t8-/m0/s1. The number of nitrogens with one attached hydrogen (secondary N) is 1. The normalized spacial score (nSPS) is 14.9. The van der Waals surface area contributed by atoms with Gasteiger partial charge < -0.3 is 10.7 Å². The Labute approximate surface area is 67.8 Å². The van der Waals surface area contributed by atoms with Crippen molar-refractivity contribution in [3.8, 4) is 0 Å². The van der Waals surface area contributed by atoms with Gasteiger partial charge in [-0.1, -0.05) is 20.8 Å². The van der Waals surface area contributed by atoms with Crippen LogP contribution in [0.3, 0.4) is 0 Å². The summed E-state index contributed by atoms with van der Waals surface area (Å²) in [7, 11) is 0. The van der Waals surface area contributed by atoms with Crippen LogP contribution in [0.25, 0.3) is 0 Å². The Bertz CT molecular complexity index is 206. The fourth-order valence-electron chi connectivity index (χ4n) is 1.03. The Morgan fingerprint density at radius 2 is 2.09 bits per heavy atom. The van der Waals surface area contributed by atoms with E-state index in [0.29, 0.717) is 0 Å². The van der Waals surface area contributed by atoms with Gasteiger partial charge in [-0.2, -0.15) is 0 Å². The van der Waals surface area contributed by atoms with Crippen LogP contribution in [0.2, 0.25) is 0 Å². The lowest BCUT2D eigenvalue weighted by molar-refractivity contribution is 0.327. The molecule has 0 aliphatic rings. The van der Waals surface area contributed by atoms with Gasteiger partial charge in [0.2, 0.25) is 0 Å². The quantitative estimate of drug-likeness (QED) is 0.635. The Kier molecular flexibility index (Phi) is 2.05. The summed E-state index contributed by atoms with van der Waals surface area (Å²) in [5.74, 6) is 0. The SMILES string of the molecule is CC(C)(C)[C@@H](N)c1cc[nH]c1. The van der Waals surface area contributed by atoms with Gasteiger partial charge >= 0.3 is 0 Å². The summed E-state index contributed by atoms with van der Waals surface area (Å²) in [5.41, 5.74) is 7.32. The van der Waals surface area contributed by atoms with Crippen molar-refractivity contribution >= 4 is 0 Å². The van der Waals surface area contributed by atoms with Crippen LogP contribution in [-0.2, 0) is 0 Å². The van der Waals surface area contributed by atoms with Gasteiger partial charge in [-0.3, -0.25) is 0 Å². The third-order valence-electron chi connectivity index (χ3n) is 1.91. The van der Waals surface area contributed by atoms with Crippen molar-refractivity contribution in [1.82, 2.24) is 4.98 Å². The Balaban J connectivity index is 2.78. The molecule has 0 spiro atoms. The number of H-pyrrole nitrogens is 1. The largest absolute Gasteiger partial charge is 0.367 e.